The number of hydrogen-bond acceptors (Lipinski definition) is 8. The lowest BCUT2D eigenvalue weighted by Crippen LogP contribution is -2.29. The first-order valence-corrected chi connectivity index (χ1v) is 11.9. The Kier molecular flexibility index (Phi) is 5.23. The first-order valence-electron chi connectivity index (χ1n) is 9.54. The zero-order valence-electron chi connectivity index (χ0n) is 16.8. The van der Waals surface area contributed by atoms with E-state index in [1.165, 1.54) is 12.5 Å². The monoisotopic (exact) mass is 447 g/mol. The third kappa shape index (κ3) is 4.01. The van der Waals surface area contributed by atoms with Gasteiger partial charge in [0.2, 0.25) is 5.28 Å². The van der Waals surface area contributed by atoms with Crippen molar-refractivity contribution < 1.29 is 4.21 Å². The smallest absolute Gasteiger partial charge is 0.295 e. The highest BCUT2D eigenvalue weighted by atomic mass is 35.5. The molecular weight excluding hydrogens is 426 g/mol. The fourth-order valence-electron chi connectivity index (χ4n) is 3.39. The molecule has 3 heterocycles. The first kappa shape index (κ1) is 20.7. The topological polar surface area (TPSA) is 127 Å². The van der Waals surface area contributed by atoms with Crippen LogP contribution < -0.4 is 10.9 Å². The van der Waals surface area contributed by atoms with Crippen molar-refractivity contribution in [1.82, 2.24) is 24.5 Å². The molecule has 1 unspecified atom stereocenters. The second kappa shape index (κ2) is 7.59. The third-order valence-electron chi connectivity index (χ3n) is 5.28. The number of nitrogens with zero attached hydrogens (tertiary/aromatic N) is 5. The van der Waals surface area contributed by atoms with Crippen molar-refractivity contribution in [3.8, 4) is 0 Å². The molecule has 158 valence electrons. The Labute approximate surface area is 178 Å². The van der Waals surface area contributed by atoms with Gasteiger partial charge in [0.15, 0.2) is 11.5 Å². The van der Waals surface area contributed by atoms with Crippen LogP contribution >= 0.6 is 11.6 Å². The van der Waals surface area contributed by atoms with E-state index in [1.54, 1.807) is 23.6 Å². The van der Waals surface area contributed by atoms with Crippen LogP contribution in [0.15, 0.2) is 28.0 Å². The number of aromatic nitrogens is 5. The largest absolute Gasteiger partial charge is 0.360 e. The molecule has 1 aliphatic carbocycles. The number of pyridine rings is 1. The Morgan fingerprint density at radius 2 is 2.07 bits per heavy atom. The molecule has 11 heteroatoms. The average molecular weight is 448 g/mol. The van der Waals surface area contributed by atoms with E-state index in [0.29, 0.717) is 33.4 Å². The van der Waals surface area contributed by atoms with Gasteiger partial charge in [-0.1, -0.05) is 0 Å². The van der Waals surface area contributed by atoms with Crippen molar-refractivity contribution in [1.29, 1.82) is 4.78 Å². The first-order chi connectivity index (χ1) is 14.1. The third-order valence-corrected chi connectivity index (χ3v) is 6.59. The fraction of sp³-hybridized carbons (Fsp3) is 0.421. The Hall–Kier alpha value is -2.59. The van der Waals surface area contributed by atoms with Crippen LogP contribution in [0.2, 0.25) is 5.28 Å². The lowest BCUT2D eigenvalue weighted by atomic mass is 10.2. The van der Waals surface area contributed by atoms with Crippen LogP contribution in [0.4, 0.5) is 5.82 Å². The molecule has 0 bridgehead atoms. The Bertz CT molecular complexity index is 1280. The predicted octanol–water partition coefficient (Wildman–Crippen LogP) is 3.16. The molecule has 3 aromatic heterocycles. The SMILES string of the molecule is Cc1nc(Cl)nc2c1nc(NCc1ccc(S(C)(=N)=O)cn1)c(=O)n2[C@@H](C)C1CC1. The molecule has 0 spiro atoms. The summed E-state index contributed by atoms with van der Waals surface area (Å²) in [4.78, 5) is 30.8. The van der Waals surface area contributed by atoms with Gasteiger partial charge in [0.25, 0.3) is 5.56 Å². The average Bonchev–Trinajstić information content (AvgIpc) is 3.51. The molecule has 1 aliphatic rings. The number of hydrogen-bond donors (Lipinski definition) is 2. The van der Waals surface area contributed by atoms with Gasteiger partial charge in [-0.2, -0.15) is 4.98 Å². The summed E-state index contributed by atoms with van der Waals surface area (Å²) in [7, 11) is -2.82. The predicted molar refractivity (Wildman–Crippen MR) is 115 cm³/mol. The Balaban J connectivity index is 1.72. The Morgan fingerprint density at radius 3 is 2.67 bits per heavy atom. The molecule has 0 saturated heterocycles. The van der Waals surface area contributed by atoms with Crippen LogP contribution in [0.5, 0.6) is 0 Å². The summed E-state index contributed by atoms with van der Waals surface area (Å²) >= 11 is 6.05. The van der Waals surface area contributed by atoms with E-state index in [4.69, 9.17) is 16.4 Å². The minimum Gasteiger partial charge on any atom is -0.360 e. The number of anilines is 1. The molecule has 2 atom stereocenters. The number of nitrogens with one attached hydrogen (secondary N) is 2. The molecule has 1 fully saturated rings. The lowest BCUT2D eigenvalue weighted by Gasteiger charge is -2.18. The lowest BCUT2D eigenvalue weighted by molar-refractivity contribution is 0.482. The van der Waals surface area contributed by atoms with Crippen molar-refractivity contribution >= 4 is 38.3 Å². The standard InChI is InChI=1S/C19H22ClN7O2S/c1-10-15-17(26-19(20)24-10)27(11(2)12-4-5-12)18(28)16(25-15)23-8-13-6-7-14(9-22-13)30(3,21)29/h6-7,9,11-12,21H,4-5,8H2,1-3H3,(H,23,25)/t11-,30?/m0/s1. The van der Waals surface area contributed by atoms with Gasteiger partial charge in [0.05, 0.1) is 32.6 Å². The number of rotatable bonds is 6. The van der Waals surface area contributed by atoms with Gasteiger partial charge in [0, 0.05) is 18.5 Å². The fourth-order valence-corrected chi connectivity index (χ4v) is 4.18. The van der Waals surface area contributed by atoms with Crippen LogP contribution in [0.3, 0.4) is 0 Å². The van der Waals surface area contributed by atoms with Crippen LogP contribution in [0.1, 0.15) is 37.2 Å². The van der Waals surface area contributed by atoms with Crippen LogP contribution in [0.25, 0.3) is 11.2 Å². The summed E-state index contributed by atoms with van der Waals surface area (Å²) in [5.41, 5.74) is 1.93. The Morgan fingerprint density at radius 1 is 1.33 bits per heavy atom. The summed E-state index contributed by atoms with van der Waals surface area (Å²) in [5, 5.41) is 3.15. The van der Waals surface area contributed by atoms with Crippen molar-refractivity contribution in [2.45, 2.75) is 44.2 Å². The highest BCUT2D eigenvalue weighted by Gasteiger charge is 2.32. The summed E-state index contributed by atoms with van der Waals surface area (Å²) in [6.45, 7) is 4.05. The minimum atomic E-state index is -2.82. The van der Waals surface area contributed by atoms with Gasteiger partial charge in [-0.25, -0.2) is 19.0 Å². The van der Waals surface area contributed by atoms with E-state index in [2.05, 4.69) is 25.3 Å². The molecule has 2 N–H and O–H groups in total. The highest BCUT2D eigenvalue weighted by Crippen LogP contribution is 2.39. The van der Waals surface area contributed by atoms with Crippen molar-refractivity contribution in [2.24, 2.45) is 5.92 Å². The van der Waals surface area contributed by atoms with E-state index in [-0.39, 0.29) is 29.2 Å². The number of aryl methyl sites for hydroxylation is 1. The maximum absolute atomic E-state index is 13.2. The molecule has 0 aliphatic heterocycles. The molecule has 4 rings (SSSR count). The van der Waals surface area contributed by atoms with Crippen molar-refractivity contribution in [3.63, 3.8) is 0 Å². The van der Waals surface area contributed by atoms with Gasteiger partial charge in [-0.15, -0.1) is 0 Å². The summed E-state index contributed by atoms with van der Waals surface area (Å²) in [6.07, 6.45) is 4.92. The summed E-state index contributed by atoms with van der Waals surface area (Å²) in [5.74, 6) is 0.618. The second-order valence-electron chi connectivity index (χ2n) is 7.65. The molecule has 0 amide bonds. The van der Waals surface area contributed by atoms with Crippen LogP contribution in [-0.4, -0.2) is 35.0 Å². The van der Waals surface area contributed by atoms with Gasteiger partial charge in [-0.3, -0.25) is 14.3 Å². The van der Waals surface area contributed by atoms with E-state index in [9.17, 15) is 9.00 Å². The van der Waals surface area contributed by atoms with Gasteiger partial charge in [-0.05, 0) is 56.3 Å². The van der Waals surface area contributed by atoms with Crippen molar-refractivity contribution in [3.05, 3.63) is 45.4 Å². The van der Waals surface area contributed by atoms with Gasteiger partial charge < -0.3 is 5.32 Å². The molecule has 0 aromatic carbocycles. The molecule has 30 heavy (non-hydrogen) atoms. The zero-order chi connectivity index (χ0) is 21.6. The zero-order valence-corrected chi connectivity index (χ0v) is 18.4. The minimum absolute atomic E-state index is 0.0268. The maximum Gasteiger partial charge on any atom is 0.295 e. The molecule has 3 aromatic rings. The summed E-state index contributed by atoms with van der Waals surface area (Å²) in [6, 6.07) is 3.27. The second-order valence-corrected chi connectivity index (χ2v) is 10.1. The summed E-state index contributed by atoms with van der Waals surface area (Å²) < 4.78 is 21.1. The van der Waals surface area contributed by atoms with E-state index in [0.717, 1.165) is 12.8 Å². The number of fused-ring (bicyclic) bond motifs is 1. The quantitative estimate of drug-likeness (QED) is 0.555. The van der Waals surface area contributed by atoms with Gasteiger partial charge in [0.1, 0.15) is 5.52 Å². The van der Waals surface area contributed by atoms with E-state index >= 15 is 0 Å². The normalized spacial score (nSPS) is 16.9. The highest BCUT2D eigenvalue weighted by molar-refractivity contribution is 7.91. The molecule has 9 nitrogen and oxygen atoms in total. The van der Waals surface area contributed by atoms with Crippen LogP contribution in [0, 0.1) is 17.6 Å². The van der Waals surface area contributed by atoms with E-state index < -0.39 is 9.73 Å². The maximum atomic E-state index is 13.2. The molecule has 1 saturated carbocycles. The molecular formula is C19H22ClN7O2S. The molecule has 0 radical (unpaired) electrons. The van der Waals surface area contributed by atoms with Gasteiger partial charge >= 0.3 is 0 Å². The number of halogens is 1. The van der Waals surface area contributed by atoms with Crippen molar-refractivity contribution in [2.75, 3.05) is 11.6 Å². The van der Waals surface area contributed by atoms with E-state index in [1.807, 2.05) is 6.92 Å². The van der Waals surface area contributed by atoms with Crippen LogP contribution in [-0.2, 0) is 16.3 Å².